The second kappa shape index (κ2) is 9.68. The Morgan fingerprint density at radius 1 is 1.11 bits per heavy atom. The maximum absolute atomic E-state index is 12.8. The van der Waals surface area contributed by atoms with Gasteiger partial charge < -0.3 is 21.3 Å². The van der Waals surface area contributed by atoms with Crippen LogP contribution >= 0.6 is 0 Å². The van der Waals surface area contributed by atoms with Gasteiger partial charge in [0.05, 0.1) is 5.92 Å². The van der Waals surface area contributed by atoms with Crippen molar-refractivity contribution in [3.8, 4) is 0 Å². The zero-order chi connectivity index (χ0) is 20.7. The van der Waals surface area contributed by atoms with Crippen LogP contribution in [0.25, 0.3) is 0 Å². The number of nitrogens with zero attached hydrogens (tertiary/aromatic N) is 1. The lowest BCUT2D eigenvalue weighted by atomic mass is 9.96. The molecule has 0 radical (unpaired) electrons. The Kier molecular flexibility index (Phi) is 7.57. The molecule has 1 atom stereocenters. The summed E-state index contributed by atoms with van der Waals surface area (Å²) in [5.74, 6) is -0.512. The van der Waals surface area contributed by atoms with E-state index in [1.54, 1.807) is 29.2 Å². The Morgan fingerprint density at radius 3 is 2.36 bits per heavy atom. The third-order valence-corrected chi connectivity index (χ3v) is 4.70. The highest BCUT2D eigenvalue weighted by molar-refractivity contribution is 5.98. The molecule has 1 aromatic rings. The molecule has 1 heterocycles. The third kappa shape index (κ3) is 6.34. The number of carbonyl (C=O) groups is 3. The molecule has 1 fully saturated rings. The molecule has 0 saturated carbocycles. The van der Waals surface area contributed by atoms with Crippen molar-refractivity contribution in [2.24, 2.45) is 17.1 Å². The van der Waals surface area contributed by atoms with E-state index in [9.17, 15) is 14.4 Å². The van der Waals surface area contributed by atoms with Crippen LogP contribution in [0.1, 0.15) is 54.3 Å². The second-order valence-corrected chi connectivity index (χ2v) is 8.49. The molecule has 7 heteroatoms. The molecule has 0 aromatic heterocycles. The summed E-state index contributed by atoms with van der Waals surface area (Å²) in [6.45, 7) is 8.62. The van der Waals surface area contributed by atoms with E-state index in [-0.39, 0.29) is 29.1 Å². The first-order chi connectivity index (χ1) is 13.2. The summed E-state index contributed by atoms with van der Waals surface area (Å²) in [6.07, 6.45) is 1.56. The molecule has 154 valence electrons. The standard InChI is InChI=1S/C21H32N4O3/c1-21(2,3)14-24-18(26)15-6-8-16(9-7-15)20(28)25-12-4-5-17(13-25)19(27)23-11-10-22/h6-9,17H,4-5,10-14,22H2,1-3H3,(H,23,27)(H,24,26). The Hall–Kier alpha value is -2.41. The number of amides is 3. The minimum atomic E-state index is -0.202. The van der Waals surface area contributed by atoms with Gasteiger partial charge in [-0.15, -0.1) is 0 Å². The van der Waals surface area contributed by atoms with E-state index in [0.717, 1.165) is 12.8 Å². The summed E-state index contributed by atoms with van der Waals surface area (Å²) >= 11 is 0. The highest BCUT2D eigenvalue weighted by Crippen LogP contribution is 2.19. The summed E-state index contributed by atoms with van der Waals surface area (Å²) in [5.41, 5.74) is 6.48. The van der Waals surface area contributed by atoms with E-state index < -0.39 is 0 Å². The van der Waals surface area contributed by atoms with Crippen LogP contribution in [0, 0.1) is 11.3 Å². The molecule has 7 nitrogen and oxygen atoms in total. The zero-order valence-corrected chi connectivity index (χ0v) is 17.1. The third-order valence-electron chi connectivity index (χ3n) is 4.70. The Morgan fingerprint density at radius 2 is 1.75 bits per heavy atom. The van der Waals surface area contributed by atoms with Gasteiger partial charge in [0.15, 0.2) is 0 Å². The van der Waals surface area contributed by atoms with Gasteiger partial charge in [0.1, 0.15) is 0 Å². The van der Waals surface area contributed by atoms with Crippen LogP contribution in [-0.4, -0.2) is 55.3 Å². The number of likely N-dealkylation sites (tertiary alicyclic amines) is 1. The van der Waals surface area contributed by atoms with Gasteiger partial charge in [0.25, 0.3) is 11.8 Å². The summed E-state index contributed by atoms with van der Waals surface area (Å²) < 4.78 is 0. The number of nitrogens with one attached hydrogen (secondary N) is 2. The van der Waals surface area contributed by atoms with Crippen LogP contribution in [0.15, 0.2) is 24.3 Å². The van der Waals surface area contributed by atoms with Gasteiger partial charge in [-0.05, 0) is 42.5 Å². The summed E-state index contributed by atoms with van der Waals surface area (Å²) in [7, 11) is 0. The lowest BCUT2D eigenvalue weighted by Gasteiger charge is -2.32. The fourth-order valence-corrected chi connectivity index (χ4v) is 3.11. The summed E-state index contributed by atoms with van der Waals surface area (Å²) in [5, 5.41) is 5.70. The van der Waals surface area contributed by atoms with E-state index in [1.165, 1.54) is 0 Å². The van der Waals surface area contributed by atoms with Crippen molar-refractivity contribution in [2.45, 2.75) is 33.6 Å². The average molecular weight is 389 g/mol. The van der Waals surface area contributed by atoms with Crippen molar-refractivity contribution in [3.05, 3.63) is 35.4 Å². The minimum Gasteiger partial charge on any atom is -0.355 e. The molecule has 1 aliphatic rings. The molecule has 1 aromatic carbocycles. The average Bonchev–Trinajstić information content (AvgIpc) is 2.69. The van der Waals surface area contributed by atoms with Crippen LogP contribution in [-0.2, 0) is 4.79 Å². The van der Waals surface area contributed by atoms with Gasteiger partial charge in [-0.1, -0.05) is 20.8 Å². The van der Waals surface area contributed by atoms with Crippen LogP contribution in [0.5, 0.6) is 0 Å². The van der Waals surface area contributed by atoms with Gasteiger partial charge in [0, 0.05) is 43.9 Å². The summed E-state index contributed by atoms with van der Waals surface area (Å²) in [6, 6.07) is 6.68. The first-order valence-corrected chi connectivity index (χ1v) is 9.86. The normalized spacial score (nSPS) is 17.1. The lowest BCUT2D eigenvalue weighted by Crippen LogP contribution is -2.46. The molecule has 3 amide bonds. The van der Waals surface area contributed by atoms with Crippen LogP contribution < -0.4 is 16.4 Å². The van der Waals surface area contributed by atoms with Crippen LogP contribution in [0.2, 0.25) is 0 Å². The highest BCUT2D eigenvalue weighted by Gasteiger charge is 2.28. The first-order valence-electron chi connectivity index (χ1n) is 9.86. The predicted octanol–water partition coefficient (Wildman–Crippen LogP) is 1.39. The van der Waals surface area contributed by atoms with Gasteiger partial charge in [-0.2, -0.15) is 0 Å². The van der Waals surface area contributed by atoms with Crippen molar-refractivity contribution in [3.63, 3.8) is 0 Å². The number of carbonyl (C=O) groups excluding carboxylic acids is 3. The molecule has 2 rings (SSSR count). The molecule has 1 unspecified atom stereocenters. The van der Waals surface area contributed by atoms with E-state index in [0.29, 0.717) is 43.9 Å². The molecular formula is C21H32N4O3. The van der Waals surface area contributed by atoms with E-state index in [1.807, 2.05) is 0 Å². The number of rotatable bonds is 6. The molecule has 1 saturated heterocycles. The maximum Gasteiger partial charge on any atom is 0.253 e. The molecule has 0 bridgehead atoms. The number of piperidine rings is 1. The predicted molar refractivity (Wildman–Crippen MR) is 109 cm³/mol. The number of nitrogens with two attached hydrogens (primary N) is 1. The van der Waals surface area contributed by atoms with Crippen molar-refractivity contribution in [2.75, 3.05) is 32.7 Å². The van der Waals surface area contributed by atoms with Gasteiger partial charge >= 0.3 is 0 Å². The quantitative estimate of drug-likeness (QED) is 0.685. The Balaban J connectivity index is 1.96. The van der Waals surface area contributed by atoms with Crippen molar-refractivity contribution >= 4 is 17.7 Å². The van der Waals surface area contributed by atoms with Crippen molar-refractivity contribution in [1.29, 1.82) is 0 Å². The van der Waals surface area contributed by atoms with Gasteiger partial charge in [0.2, 0.25) is 5.91 Å². The number of hydrogen-bond donors (Lipinski definition) is 3. The maximum atomic E-state index is 12.8. The fraction of sp³-hybridized carbons (Fsp3) is 0.571. The van der Waals surface area contributed by atoms with E-state index in [4.69, 9.17) is 5.73 Å². The second-order valence-electron chi connectivity index (χ2n) is 8.49. The smallest absolute Gasteiger partial charge is 0.253 e. The first kappa shape index (κ1) is 21.9. The SMILES string of the molecule is CC(C)(C)CNC(=O)c1ccc(C(=O)N2CCCC(C(=O)NCCN)C2)cc1. The highest BCUT2D eigenvalue weighted by atomic mass is 16.2. The molecule has 4 N–H and O–H groups in total. The monoisotopic (exact) mass is 388 g/mol. The zero-order valence-electron chi connectivity index (χ0n) is 17.1. The fourth-order valence-electron chi connectivity index (χ4n) is 3.11. The van der Waals surface area contributed by atoms with E-state index in [2.05, 4.69) is 31.4 Å². The van der Waals surface area contributed by atoms with E-state index >= 15 is 0 Å². The molecule has 0 spiro atoms. The lowest BCUT2D eigenvalue weighted by molar-refractivity contribution is -0.126. The van der Waals surface area contributed by atoms with Gasteiger partial charge in [-0.25, -0.2) is 0 Å². The summed E-state index contributed by atoms with van der Waals surface area (Å²) in [4.78, 5) is 38.9. The van der Waals surface area contributed by atoms with Gasteiger partial charge in [-0.3, -0.25) is 14.4 Å². The minimum absolute atomic E-state index is 0.00676. The topological polar surface area (TPSA) is 105 Å². The number of hydrogen-bond acceptors (Lipinski definition) is 4. The molecule has 28 heavy (non-hydrogen) atoms. The van der Waals surface area contributed by atoms with Crippen LogP contribution in [0.4, 0.5) is 0 Å². The largest absolute Gasteiger partial charge is 0.355 e. The molecule has 0 aliphatic carbocycles. The molecule has 1 aliphatic heterocycles. The Labute approximate surface area is 167 Å². The van der Waals surface area contributed by atoms with Crippen molar-refractivity contribution < 1.29 is 14.4 Å². The van der Waals surface area contributed by atoms with Crippen molar-refractivity contribution in [1.82, 2.24) is 15.5 Å². The Bertz CT molecular complexity index is 695. The number of benzene rings is 1. The molecular weight excluding hydrogens is 356 g/mol. The van der Waals surface area contributed by atoms with Crippen LogP contribution in [0.3, 0.4) is 0 Å².